The first-order chi connectivity index (χ1) is 18.2. The molecule has 6 nitrogen and oxygen atoms in total. The molecule has 0 radical (unpaired) electrons. The summed E-state index contributed by atoms with van der Waals surface area (Å²) in [6, 6.07) is 17.8. The fourth-order valence-electron chi connectivity index (χ4n) is 4.70. The highest BCUT2D eigenvalue weighted by atomic mass is 19.4. The summed E-state index contributed by atoms with van der Waals surface area (Å²) in [7, 11) is 1.35. The van der Waals surface area contributed by atoms with E-state index in [2.05, 4.69) is 10.6 Å². The van der Waals surface area contributed by atoms with Gasteiger partial charge in [0.2, 0.25) is 0 Å². The number of urea groups is 1. The lowest BCUT2D eigenvalue weighted by molar-refractivity contribution is -0.148. The monoisotopic (exact) mass is 524 g/mol. The van der Waals surface area contributed by atoms with Gasteiger partial charge >= 0.3 is 18.2 Å². The van der Waals surface area contributed by atoms with Crippen LogP contribution in [-0.4, -0.2) is 24.9 Å². The average molecular weight is 525 g/mol. The molecule has 2 unspecified atom stereocenters. The molecule has 2 amide bonds. The van der Waals surface area contributed by atoms with Gasteiger partial charge in [-0.2, -0.15) is 13.2 Å². The van der Waals surface area contributed by atoms with E-state index in [0.29, 0.717) is 24.1 Å². The Kier molecular flexibility index (Phi) is 8.14. The van der Waals surface area contributed by atoms with Gasteiger partial charge < -0.3 is 15.4 Å². The second kappa shape index (κ2) is 11.5. The predicted molar refractivity (Wildman–Crippen MR) is 138 cm³/mol. The zero-order chi connectivity index (χ0) is 27.3. The smallest absolute Gasteiger partial charge is 0.416 e. The summed E-state index contributed by atoms with van der Waals surface area (Å²) in [6.45, 7) is 0. The molecule has 38 heavy (non-hydrogen) atoms. The maximum absolute atomic E-state index is 13.1. The maximum Gasteiger partial charge on any atom is 0.416 e. The molecular formula is C29H27F3N2O4. The van der Waals surface area contributed by atoms with Crippen LogP contribution in [-0.2, 0) is 15.7 Å². The fraction of sp³-hybridized carbons (Fsp3) is 0.276. The lowest BCUT2D eigenvalue weighted by Gasteiger charge is -2.28. The van der Waals surface area contributed by atoms with Crippen LogP contribution < -0.4 is 10.6 Å². The first kappa shape index (κ1) is 26.9. The second-order valence-corrected chi connectivity index (χ2v) is 9.19. The number of methoxy groups -OCH3 is 1. The largest absolute Gasteiger partial charge is 0.469 e. The SMILES string of the molecule is COC(=O)C1CCCCC1C(=O)c1ccc(-c2ccc(NC(=O)Nc3ccc(C(F)(F)F)cc3)cc2)cc1. The van der Waals surface area contributed by atoms with Crippen LogP contribution in [0.3, 0.4) is 0 Å². The number of hydrogen-bond acceptors (Lipinski definition) is 4. The number of rotatable bonds is 6. The van der Waals surface area contributed by atoms with Gasteiger partial charge in [-0.3, -0.25) is 9.59 Å². The Morgan fingerprint density at radius 3 is 1.71 bits per heavy atom. The van der Waals surface area contributed by atoms with Gasteiger partial charge in [0.25, 0.3) is 0 Å². The number of carbonyl (C=O) groups excluding carboxylic acids is 3. The molecule has 0 spiro atoms. The number of alkyl halides is 3. The Bertz CT molecular complexity index is 1290. The number of ether oxygens (including phenoxy) is 1. The van der Waals surface area contributed by atoms with Crippen LogP contribution in [0.25, 0.3) is 11.1 Å². The number of ketones is 1. The van der Waals surface area contributed by atoms with Gasteiger partial charge in [0.15, 0.2) is 5.78 Å². The number of Topliss-reactive ketones (excluding diaryl/α,β-unsaturated/α-hetero) is 1. The van der Waals surface area contributed by atoms with Crippen LogP contribution in [0.5, 0.6) is 0 Å². The zero-order valence-electron chi connectivity index (χ0n) is 20.7. The van der Waals surface area contributed by atoms with Crippen molar-refractivity contribution in [1.29, 1.82) is 0 Å². The van der Waals surface area contributed by atoms with Gasteiger partial charge in [-0.15, -0.1) is 0 Å². The van der Waals surface area contributed by atoms with E-state index in [9.17, 15) is 27.6 Å². The Hall–Kier alpha value is -4.14. The van der Waals surface area contributed by atoms with Gasteiger partial charge in [0, 0.05) is 22.9 Å². The van der Waals surface area contributed by atoms with Crippen molar-refractivity contribution in [2.75, 3.05) is 17.7 Å². The summed E-state index contributed by atoms with van der Waals surface area (Å²) in [5.41, 5.74) is 2.21. The first-order valence-corrected chi connectivity index (χ1v) is 12.2. The second-order valence-electron chi connectivity index (χ2n) is 9.19. The molecule has 1 saturated carbocycles. The van der Waals surface area contributed by atoms with Gasteiger partial charge in [-0.25, -0.2) is 4.79 Å². The molecule has 2 N–H and O–H groups in total. The van der Waals surface area contributed by atoms with Crippen LogP contribution in [0.2, 0.25) is 0 Å². The fourth-order valence-corrected chi connectivity index (χ4v) is 4.70. The quantitative estimate of drug-likeness (QED) is 0.264. The van der Waals surface area contributed by atoms with Crippen molar-refractivity contribution in [2.45, 2.75) is 31.9 Å². The summed E-state index contributed by atoms with van der Waals surface area (Å²) < 4.78 is 42.9. The van der Waals surface area contributed by atoms with Crippen LogP contribution >= 0.6 is 0 Å². The third-order valence-electron chi connectivity index (χ3n) is 6.72. The standard InChI is InChI=1S/C29H27F3N2O4/c1-38-27(36)25-5-3-2-4-24(25)26(35)20-8-6-18(7-9-20)19-10-14-22(15-11-19)33-28(37)34-23-16-12-21(13-17-23)29(30,31)32/h6-17,24-25H,2-5H2,1H3,(H2,33,34,37). The number of halogens is 3. The summed E-state index contributed by atoms with van der Waals surface area (Å²) in [5, 5.41) is 5.13. The molecule has 9 heteroatoms. The average Bonchev–Trinajstić information content (AvgIpc) is 2.92. The molecule has 198 valence electrons. The van der Waals surface area contributed by atoms with E-state index in [0.717, 1.165) is 36.1 Å². The Balaban J connectivity index is 1.36. The van der Waals surface area contributed by atoms with E-state index in [1.54, 1.807) is 36.4 Å². The van der Waals surface area contributed by atoms with E-state index in [4.69, 9.17) is 4.74 Å². The van der Waals surface area contributed by atoms with Crippen LogP contribution in [0.1, 0.15) is 41.6 Å². The maximum atomic E-state index is 13.1. The summed E-state index contributed by atoms with van der Waals surface area (Å²) in [4.78, 5) is 37.5. The molecule has 1 aliphatic carbocycles. The van der Waals surface area contributed by atoms with E-state index in [1.807, 2.05) is 12.1 Å². The van der Waals surface area contributed by atoms with Crippen molar-refractivity contribution < 1.29 is 32.3 Å². The highest BCUT2D eigenvalue weighted by Gasteiger charge is 2.36. The number of esters is 1. The highest BCUT2D eigenvalue weighted by molar-refractivity contribution is 6.01. The van der Waals surface area contributed by atoms with Crippen molar-refractivity contribution in [2.24, 2.45) is 11.8 Å². The molecule has 3 aromatic rings. The van der Waals surface area contributed by atoms with Crippen molar-refractivity contribution in [1.82, 2.24) is 0 Å². The summed E-state index contributed by atoms with van der Waals surface area (Å²) in [5.74, 6) is -1.16. The Morgan fingerprint density at radius 1 is 0.737 bits per heavy atom. The minimum Gasteiger partial charge on any atom is -0.469 e. The van der Waals surface area contributed by atoms with Crippen molar-refractivity contribution >= 4 is 29.2 Å². The van der Waals surface area contributed by atoms with Crippen molar-refractivity contribution in [3.05, 3.63) is 83.9 Å². The van der Waals surface area contributed by atoms with Gasteiger partial charge in [0.1, 0.15) is 0 Å². The Labute approximate surface area is 218 Å². The van der Waals surface area contributed by atoms with Gasteiger partial charge in [-0.05, 0) is 60.4 Å². The number of nitrogens with one attached hydrogen (secondary N) is 2. The predicted octanol–water partition coefficient (Wildman–Crippen LogP) is 7.18. The molecule has 4 rings (SSSR count). The molecule has 0 heterocycles. The van der Waals surface area contributed by atoms with Crippen LogP contribution in [0, 0.1) is 11.8 Å². The van der Waals surface area contributed by atoms with Gasteiger partial charge in [0.05, 0.1) is 18.6 Å². The number of anilines is 2. The lowest BCUT2D eigenvalue weighted by Crippen LogP contribution is -2.33. The topological polar surface area (TPSA) is 84.5 Å². The van der Waals surface area contributed by atoms with Gasteiger partial charge in [-0.1, -0.05) is 49.2 Å². The van der Waals surface area contributed by atoms with E-state index in [-0.39, 0.29) is 23.4 Å². The lowest BCUT2D eigenvalue weighted by atomic mass is 9.75. The molecule has 0 bridgehead atoms. The van der Waals surface area contributed by atoms with E-state index >= 15 is 0 Å². The third kappa shape index (κ3) is 6.40. The molecule has 3 aromatic carbocycles. The molecular weight excluding hydrogens is 497 g/mol. The Morgan fingerprint density at radius 2 is 1.21 bits per heavy atom. The molecule has 2 atom stereocenters. The molecule has 1 aliphatic rings. The summed E-state index contributed by atoms with van der Waals surface area (Å²) in [6.07, 6.45) is -1.30. The van der Waals surface area contributed by atoms with E-state index in [1.165, 1.54) is 19.2 Å². The first-order valence-electron chi connectivity index (χ1n) is 12.2. The third-order valence-corrected chi connectivity index (χ3v) is 6.72. The van der Waals surface area contributed by atoms with Crippen LogP contribution in [0.4, 0.5) is 29.3 Å². The van der Waals surface area contributed by atoms with Crippen LogP contribution in [0.15, 0.2) is 72.8 Å². The normalized spacial score (nSPS) is 17.4. The summed E-state index contributed by atoms with van der Waals surface area (Å²) >= 11 is 0. The number of benzene rings is 3. The number of amides is 2. The van der Waals surface area contributed by atoms with Crippen molar-refractivity contribution in [3.63, 3.8) is 0 Å². The molecule has 0 aromatic heterocycles. The highest BCUT2D eigenvalue weighted by Crippen LogP contribution is 2.34. The zero-order valence-corrected chi connectivity index (χ0v) is 20.7. The number of carbonyl (C=O) groups is 3. The van der Waals surface area contributed by atoms with E-state index < -0.39 is 23.7 Å². The minimum atomic E-state index is -4.44. The minimum absolute atomic E-state index is 0.0507. The molecule has 0 saturated heterocycles. The van der Waals surface area contributed by atoms with Crippen molar-refractivity contribution in [3.8, 4) is 11.1 Å². The molecule has 0 aliphatic heterocycles. The number of hydrogen-bond donors (Lipinski definition) is 2. The molecule has 1 fully saturated rings.